The first kappa shape index (κ1) is 15.7. The van der Waals surface area contributed by atoms with Crippen molar-refractivity contribution < 1.29 is 12.8 Å². The van der Waals surface area contributed by atoms with Crippen LogP contribution in [0.25, 0.3) is 11.5 Å². The second-order valence-electron chi connectivity index (χ2n) is 5.00. The monoisotopic (exact) mass is 348 g/mol. The Morgan fingerprint density at radius 2 is 1.61 bits per heavy atom. The predicted octanol–water partition coefficient (Wildman–Crippen LogP) is 3.51. The summed E-state index contributed by atoms with van der Waals surface area (Å²) >= 11 is 6.06. The van der Waals surface area contributed by atoms with E-state index in [1.54, 1.807) is 48.5 Å². The molecule has 0 aliphatic rings. The molecule has 5 nitrogen and oxygen atoms in total. The Labute approximate surface area is 138 Å². The first-order valence-electron chi connectivity index (χ1n) is 6.85. The fourth-order valence-electron chi connectivity index (χ4n) is 2.12. The molecular formula is C16H13ClN2O3S. The van der Waals surface area contributed by atoms with Crippen LogP contribution in [-0.2, 0) is 21.3 Å². The summed E-state index contributed by atoms with van der Waals surface area (Å²) in [5.41, 5.74) is 1.30. The molecule has 0 amide bonds. The summed E-state index contributed by atoms with van der Waals surface area (Å²) in [6.07, 6.45) is 0. The second kappa shape index (κ2) is 6.52. The number of benzene rings is 2. The zero-order valence-corrected chi connectivity index (χ0v) is 13.6. The molecule has 7 heteroatoms. The van der Waals surface area contributed by atoms with Crippen LogP contribution >= 0.6 is 11.6 Å². The van der Waals surface area contributed by atoms with Crippen LogP contribution in [0.1, 0.15) is 11.5 Å². The van der Waals surface area contributed by atoms with Crippen molar-refractivity contribution in [2.45, 2.75) is 11.5 Å². The van der Waals surface area contributed by atoms with Gasteiger partial charge < -0.3 is 4.42 Å². The minimum atomic E-state index is -3.40. The first-order chi connectivity index (χ1) is 11.0. The van der Waals surface area contributed by atoms with Gasteiger partial charge in [0.05, 0.1) is 16.3 Å². The number of rotatable bonds is 5. The molecule has 23 heavy (non-hydrogen) atoms. The van der Waals surface area contributed by atoms with E-state index in [1.165, 1.54) is 0 Å². The molecule has 0 aliphatic heterocycles. The number of nitrogens with zero attached hydrogens (tertiary/aromatic N) is 2. The lowest BCUT2D eigenvalue weighted by molar-refractivity contribution is 0.518. The largest absolute Gasteiger partial charge is 0.420 e. The molecule has 0 N–H and O–H groups in total. The summed E-state index contributed by atoms with van der Waals surface area (Å²) in [5.74, 6) is -0.117. The van der Waals surface area contributed by atoms with Crippen LogP contribution in [0.15, 0.2) is 59.0 Å². The third-order valence-corrected chi connectivity index (χ3v) is 4.93. The summed E-state index contributed by atoms with van der Waals surface area (Å²) in [5, 5.41) is 8.15. The average molecular weight is 349 g/mol. The highest BCUT2D eigenvalue weighted by Crippen LogP contribution is 2.26. The quantitative estimate of drug-likeness (QED) is 0.705. The lowest BCUT2D eigenvalue weighted by Gasteiger charge is -2.01. The number of sulfone groups is 1. The van der Waals surface area contributed by atoms with Crippen molar-refractivity contribution in [1.82, 2.24) is 10.2 Å². The first-order valence-corrected chi connectivity index (χ1v) is 9.05. The topological polar surface area (TPSA) is 73.1 Å². The van der Waals surface area contributed by atoms with Gasteiger partial charge in [0.1, 0.15) is 5.75 Å². The van der Waals surface area contributed by atoms with E-state index in [0.717, 1.165) is 5.56 Å². The number of hydrogen-bond acceptors (Lipinski definition) is 5. The lowest BCUT2D eigenvalue weighted by atomic mass is 10.2. The van der Waals surface area contributed by atoms with Crippen molar-refractivity contribution >= 4 is 21.4 Å². The molecule has 1 aromatic heterocycles. The molecule has 0 radical (unpaired) electrons. The van der Waals surface area contributed by atoms with Crippen molar-refractivity contribution in [3.05, 3.63) is 71.1 Å². The zero-order chi connectivity index (χ0) is 16.3. The summed E-state index contributed by atoms with van der Waals surface area (Å²) in [6, 6.07) is 16.0. The second-order valence-corrected chi connectivity index (χ2v) is 7.47. The van der Waals surface area contributed by atoms with Crippen molar-refractivity contribution in [1.29, 1.82) is 0 Å². The fraction of sp³-hybridized carbons (Fsp3) is 0.125. The van der Waals surface area contributed by atoms with Crippen LogP contribution in [0.4, 0.5) is 0 Å². The van der Waals surface area contributed by atoms with Crippen molar-refractivity contribution in [3.8, 4) is 11.5 Å². The minimum Gasteiger partial charge on any atom is -0.420 e. The van der Waals surface area contributed by atoms with Crippen LogP contribution in [0.5, 0.6) is 0 Å². The van der Waals surface area contributed by atoms with E-state index in [4.69, 9.17) is 16.0 Å². The fourth-order valence-corrected chi connectivity index (χ4v) is 3.63. The van der Waals surface area contributed by atoms with E-state index < -0.39 is 9.84 Å². The highest BCUT2D eigenvalue weighted by Gasteiger charge is 2.19. The Kier molecular flexibility index (Phi) is 4.45. The summed E-state index contributed by atoms with van der Waals surface area (Å²) in [4.78, 5) is 0. The lowest BCUT2D eigenvalue weighted by Crippen LogP contribution is -2.07. The van der Waals surface area contributed by atoms with Crippen LogP contribution < -0.4 is 0 Å². The van der Waals surface area contributed by atoms with Gasteiger partial charge in [-0.05, 0) is 17.7 Å². The van der Waals surface area contributed by atoms with Gasteiger partial charge in [0.25, 0.3) is 0 Å². The number of aromatic nitrogens is 2. The van der Waals surface area contributed by atoms with Crippen molar-refractivity contribution in [3.63, 3.8) is 0 Å². The summed E-state index contributed by atoms with van der Waals surface area (Å²) in [6.45, 7) is 0. The van der Waals surface area contributed by atoms with Crippen LogP contribution in [-0.4, -0.2) is 18.6 Å². The van der Waals surface area contributed by atoms with Gasteiger partial charge in [-0.1, -0.05) is 54.1 Å². The highest BCUT2D eigenvalue weighted by atomic mass is 35.5. The van der Waals surface area contributed by atoms with Gasteiger partial charge in [0.2, 0.25) is 11.8 Å². The molecule has 0 saturated heterocycles. The number of halogens is 1. The average Bonchev–Trinajstić information content (AvgIpc) is 2.95. The Morgan fingerprint density at radius 3 is 2.35 bits per heavy atom. The molecule has 0 saturated carbocycles. The van der Waals surface area contributed by atoms with Crippen LogP contribution in [0.2, 0.25) is 5.02 Å². The molecule has 0 atom stereocenters. The SMILES string of the molecule is O=S(=O)(Cc1ccccc1)Cc1nnc(-c2ccccc2Cl)o1. The Morgan fingerprint density at radius 1 is 0.913 bits per heavy atom. The Balaban J connectivity index is 1.78. The third-order valence-electron chi connectivity index (χ3n) is 3.14. The molecule has 0 bridgehead atoms. The van der Waals surface area contributed by atoms with E-state index >= 15 is 0 Å². The minimum absolute atomic E-state index is 0.0517. The van der Waals surface area contributed by atoms with Gasteiger partial charge in [0, 0.05) is 0 Å². The van der Waals surface area contributed by atoms with Crippen LogP contribution in [0, 0.1) is 0 Å². The normalized spacial score (nSPS) is 11.5. The Bertz CT molecular complexity index is 908. The number of hydrogen-bond donors (Lipinski definition) is 0. The van der Waals surface area contributed by atoms with Crippen molar-refractivity contribution in [2.24, 2.45) is 0 Å². The van der Waals surface area contributed by atoms with Gasteiger partial charge >= 0.3 is 0 Å². The van der Waals surface area contributed by atoms with E-state index in [1.807, 2.05) is 6.07 Å². The van der Waals surface area contributed by atoms with Gasteiger partial charge in [-0.25, -0.2) is 8.42 Å². The molecule has 2 aromatic carbocycles. The smallest absolute Gasteiger partial charge is 0.249 e. The molecule has 3 aromatic rings. The van der Waals surface area contributed by atoms with E-state index in [9.17, 15) is 8.42 Å². The van der Waals surface area contributed by atoms with Crippen molar-refractivity contribution in [2.75, 3.05) is 0 Å². The van der Waals surface area contributed by atoms with Gasteiger partial charge in [-0.3, -0.25) is 0 Å². The van der Waals surface area contributed by atoms with E-state index in [2.05, 4.69) is 10.2 Å². The molecule has 0 aliphatic carbocycles. The van der Waals surface area contributed by atoms with Gasteiger partial charge in [-0.2, -0.15) is 0 Å². The predicted molar refractivity (Wildman–Crippen MR) is 87.5 cm³/mol. The molecule has 0 fully saturated rings. The maximum absolute atomic E-state index is 12.2. The summed E-state index contributed by atoms with van der Waals surface area (Å²) < 4.78 is 29.9. The standard InChI is InChI=1S/C16H13ClN2O3S/c17-14-9-5-4-8-13(14)16-19-18-15(22-16)11-23(20,21)10-12-6-2-1-3-7-12/h1-9H,10-11H2. The molecule has 1 heterocycles. The molecule has 0 unspecified atom stereocenters. The third kappa shape index (κ3) is 3.97. The molecule has 3 rings (SSSR count). The van der Waals surface area contributed by atoms with Crippen LogP contribution in [0.3, 0.4) is 0 Å². The maximum Gasteiger partial charge on any atom is 0.249 e. The zero-order valence-electron chi connectivity index (χ0n) is 12.0. The maximum atomic E-state index is 12.2. The highest BCUT2D eigenvalue weighted by molar-refractivity contribution is 7.89. The van der Waals surface area contributed by atoms with E-state index in [-0.39, 0.29) is 23.3 Å². The molecular weight excluding hydrogens is 336 g/mol. The molecule has 118 valence electrons. The van der Waals surface area contributed by atoms with Gasteiger partial charge in [-0.15, -0.1) is 10.2 Å². The summed E-state index contributed by atoms with van der Waals surface area (Å²) in [7, 11) is -3.40. The van der Waals surface area contributed by atoms with Gasteiger partial charge in [0.15, 0.2) is 9.84 Å². The van der Waals surface area contributed by atoms with E-state index in [0.29, 0.717) is 10.6 Å². The molecule has 0 spiro atoms. The Hall–Kier alpha value is -2.18.